The van der Waals surface area contributed by atoms with E-state index in [9.17, 15) is 4.79 Å². The van der Waals surface area contributed by atoms with Crippen LogP contribution in [0.1, 0.15) is 34.9 Å². The normalized spacial score (nSPS) is 14.9. The van der Waals surface area contributed by atoms with E-state index < -0.39 is 0 Å². The molecule has 96 valence electrons. The molecule has 1 aliphatic rings. The summed E-state index contributed by atoms with van der Waals surface area (Å²) in [5, 5.41) is 7.45. The number of anilines is 1. The Morgan fingerprint density at radius 1 is 1.42 bits per heavy atom. The third-order valence-corrected chi connectivity index (χ3v) is 4.66. The quantitative estimate of drug-likeness (QED) is 0.806. The van der Waals surface area contributed by atoms with Gasteiger partial charge in [-0.15, -0.1) is 22.7 Å². The highest BCUT2D eigenvalue weighted by Gasteiger charge is 2.26. The minimum atomic E-state index is -0.164. The van der Waals surface area contributed by atoms with E-state index in [-0.39, 0.29) is 5.91 Å². The molecule has 1 fully saturated rings. The van der Waals surface area contributed by atoms with Gasteiger partial charge in [0, 0.05) is 22.9 Å². The Balaban J connectivity index is 1.58. The van der Waals surface area contributed by atoms with Gasteiger partial charge in [-0.2, -0.15) is 0 Å². The van der Waals surface area contributed by atoms with Crippen LogP contribution in [0.25, 0.3) is 4.96 Å². The van der Waals surface area contributed by atoms with Gasteiger partial charge in [0.15, 0.2) is 10.1 Å². The van der Waals surface area contributed by atoms with Gasteiger partial charge in [-0.05, 0) is 12.8 Å². The molecule has 3 aromatic rings. The number of imidazole rings is 1. The summed E-state index contributed by atoms with van der Waals surface area (Å²) in [4.78, 5) is 21.6. The van der Waals surface area contributed by atoms with Gasteiger partial charge in [-0.3, -0.25) is 14.5 Å². The van der Waals surface area contributed by atoms with Crippen LogP contribution in [0.15, 0.2) is 23.2 Å². The van der Waals surface area contributed by atoms with E-state index in [1.165, 1.54) is 35.5 Å². The maximum atomic E-state index is 12.2. The predicted octanol–water partition coefficient (Wildman–Crippen LogP) is 2.98. The van der Waals surface area contributed by atoms with Gasteiger partial charge in [0.2, 0.25) is 0 Å². The summed E-state index contributed by atoms with van der Waals surface area (Å²) in [6.07, 6.45) is 5.88. The number of thiazole rings is 2. The monoisotopic (exact) mass is 290 g/mol. The first-order chi connectivity index (χ1) is 9.31. The zero-order valence-electron chi connectivity index (χ0n) is 9.87. The highest BCUT2D eigenvalue weighted by molar-refractivity contribution is 7.15. The fourth-order valence-corrected chi connectivity index (χ4v) is 3.44. The summed E-state index contributed by atoms with van der Waals surface area (Å²) < 4.78 is 1.79. The molecular weight excluding hydrogens is 280 g/mol. The lowest BCUT2D eigenvalue weighted by Crippen LogP contribution is -2.13. The van der Waals surface area contributed by atoms with Crippen LogP contribution >= 0.6 is 22.7 Å². The minimum Gasteiger partial charge on any atom is -0.296 e. The standard InChI is InChI=1S/C12H10N4OS2/c17-10(9-5-13-12-16(9)3-4-18-12)15-11-14-8(6-19-11)7-1-2-7/h3-7H,1-2H2,(H,14,15,17). The van der Waals surface area contributed by atoms with Gasteiger partial charge in [0.25, 0.3) is 5.91 Å². The summed E-state index contributed by atoms with van der Waals surface area (Å²) in [6.45, 7) is 0. The van der Waals surface area contributed by atoms with Gasteiger partial charge in [0.05, 0.1) is 11.9 Å². The van der Waals surface area contributed by atoms with Crippen molar-refractivity contribution in [2.45, 2.75) is 18.8 Å². The van der Waals surface area contributed by atoms with Crippen LogP contribution in [0.2, 0.25) is 0 Å². The molecular formula is C12H10N4OS2. The van der Waals surface area contributed by atoms with Crippen molar-refractivity contribution in [1.29, 1.82) is 0 Å². The Labute approximate surface area is 116 Å². The van der Waals surface area contributed by atoms with E-state index in [1.54, 1.807) is 10.6 Å². The van der Waals surface area contributed by atoms with Crippen LogP contribution in [-0.2, 0) is 0 Å². The van der Waals surface area contributed by atoms with Crippen molar-refractivity contribution in [2.24, 2.45) is 0 Å². The molecule has 3 aromatic heterocycles. The van der Waals surface area contributed by atoms with Crippen molar-refractivity contribution in [3.63, 3.8) is 0 Å². The second kappa shape index (κ2) is 4.14. The molecule has 1 amide bonds. The average Bonchev–Trinajstić information content (AvgIpc) is 2.83. The summed E-state index contributed by atoms with van der Waals surface area (Å²) >= 11 is 2.99. The summed E-state index contributed by atoms with van der Waals surface area (Å²) in [6, 6.07) is 0. The first kappa shape index (κ1) is 11.1. The van der Waals surface area contributed by atoms with Gasteiger partial charge in [-0.1, -0.05) is 0 Å². The van der Waals surface area contributed by atoms with E-state index in [4.69, 9.17) is 0 Å². The summed E-state index contributed by atoms with van der Waals surface area (Å²) in [7, 11) is 0. The predicted molar refractivity (Wildman–Crippen MR) is 75.1 cm³/mol. The number of carbonyl (C=O) groups excluding carboxylic acids is 1. The Kier molecular flexibility index (Phi) is 2.42. The summed E-state index contributed by atoms with van der Waals surface area (Å²) in [5.41, 5.74) is 1.65. The molecule has 1 saturated carbocycles. The van der Waals surface area contributed by atoms with Crippen molar-refractivity contribution < 1.29 is 4.79 Å². The average molecular weight is 290 g/mol. The smallest absolute Gasteiger partial charge is 0.276 e. The molecule has 0 spiro atoms. The molecule has 0 atom stereocenters. The second-order valence-electron chi connectivity index (χ2n) is 4.50. The largest absolute Gasteiger partial charge is 0.296 e. The first-order valence-corrected chi connectivity index (χ1v) is 7.74. The maximum absolute atomic E-state index is 12.2. The number of rotatable bonds is 3. The highest BCUT2D eigenvalue weighted by atomic mass is 32.1. The number of hydrogen-bond donors (Lipinski definition) is 1. The molecule has 0 radical (unpaired) electrons. The first-order valence-electron chi connectivity index (χ1n) is 5.98. The van der Waals surface area contributed by atoms with Crippen LogP contribution in [-0.4, -0.2) is 20.3 Å². The Bertz CT molecular complexity index is 753. The van der Waals surface area contributed by atoms with E-state index in [0.29, 0.717) is 16.7 Å². The van der Waals surface area contributed by atoms with E-state index in [0.717, 1.165) is 10.7 Å². The molecule has 1 aliphatic carbocycles. The van der Waals surface area contributed by atoms with Crippen molar-refractivity contribution in [3.05, 3.63) is 34.5 Å². The molecule has 4 rings (SSSR count). The number of amides is 1. The van der Waals surface area contributed by atoms with Crippen LogP contribution in [0.5, 0.6) is 0 Å². The molecule has 7 heteroatoms. The minimum absolute atomic E-state index is 0.164. The zero-order chi connectivity index (χ0) is 12.8. The number of hydrogen-bond acceptors (Lipinski definition) is 5. The Morgan fingerprint density at radius 2 is 2.32 bits per heavy atom. The lowest BCUT2D eigenvalue weighted by molar-refractivity contribution is 0.102. The molecule has 5 nitrogen and oxygen atoms in total. The lowest BCUT2D eigenvalue weighted by Gasteiger charge is -1.99. The number of fused-ring (bicyclic) bond motifs is 1. The highest BCUT2D eigenvalue weighted by Crippen LogP contribution is 2.40. The molecule has 0 aromatic carbocycles. The maximum Gasteiger partial charge on any atom is 0.276 e. The van der Waals surface area contributed by atoms with Crippen LogP contribution in [0.3, 0.4) is 0 Å². The third-order valence-electron chi connectivity index (χ3n) is 3.12. The molecule has 0 aliphatic heterocycles. The van der Waals surface area contributed by atoms with Gasteiger partial charge >= 0.3 is 0 Å². The molecule has 0 unspecified atom stereocenters. The Hall–Kier alpha value is -1.73. The second-order valence-corrected chi connectivity index (χ2v) is 6.24. The zero-order valence-corrected chi connectivity index (χ0v) is 11.5. The number of aromatic nitrogens is 3. The van der Waals surface area contributed by atoms with E-state index >= 15 is 0 Å². The van der Waals surface area contributed by atoms with Crippen LogP contribution < -0.4 is 5.32 Å². The van der Waals surface area contributed by atoms with E-state index in [2.05, 4.69) is 15.3 Å². The lowest BCUT2D eigenvalue weighted by atomic mass is 10.3. The van der Waals surface area contributed by atoms with Gasteiger partial charge in [0.1, 0.15) is 5.69 Å². The van der Waals surface area contributed by atoms with Gasteiger partial charge in [-0.25, -0.2) is 9.97 Å². The van der Waals surface area contributed by atoms with Crippen molar-refractivity contribution in [3.8, 4) is 0 Å². The Morgan fingerprint density at radius 3 is 3.16 bits per heavy atom. The SMILES string of the molecule is O=C(Nc1nc(C2CC2)cs1)c1cnc2sccn12. The van der Waals surface area contributed by atoms with Crippen molar-refractivity contribution in [2.75, 3.05) is 5.32 Å². The fraction of sp³-hybridized carbons (Fsp3) is 0.250. The number of nitrogens with zero attached hydrogens (tertiary/aromatic N) is 3. The topological polar surface area (TPSA) is 59.3 Å². The van der Waals surface area contributed by atoms with Crippen molar-refractivity contribution in [1.82, 2.24) is 14.4 Å². The summed E-state index contributed by atoms with van der Waals surface area (Å²) in [5.74, 6) is 0.447. The van der Waals surface area contributed by atoms with Gasteiger partial charge < -0.3 is 0 Å². The molecule has 3 heterocycles. The number of carbonyl (C=O) groups is 1. The molecule has 0 bridgehead atoms. The number of nitrogens with one attached hydrogen (secondary N) is 1. The molecule has 1 N–H and O–H groups in total. The molecule has 0 saturated heterocycles. The van der Waals surface area contributed by atoms with Crippen LogP contribution in [0, 0.1) is 0 Å². The van der Waals surface area contributed by atoms with Crippen LogP contribution in [0.4, 0.5) is 5.13 Å². The molecule has 19 heavy (non-hydrogen) atoms. The van der Waals surface area contributed by atoms with E-state index in [1.807, 2.05) is 17.0 Å². The fourth-order valence-electron chi connectivity index (χ4n) is 1.97. The third kappa shape index (κ3) is 1.95. The van der Waals surface area contributed by atoms with Crippen molar-refractivity contribution >= 4 is 38.7 Å².